The summed E-state index contributed by atoms with van der Waals surface area (Å²) in [5.41, 5.74) is 6.59. The molecule has 2 aromatic carbocycles. The zero-order valence-electron chi connectivity index (χ0n) is 17.7. The van der Waals surface area contributed by atoms with Crippen LogP contribution in [0, 0.1) is 13.8 Å². The van der Waals surface area contributed by atoms with E-state index in [-0.39, 0.29) is 5.91 Å². The van der Waals surface area contributed by atoms with Gasteiger partial charge in [-0.2, -0.15) is 0 Å². The summed E-state index contributed by atoms with van der Waals surface area (Å²) in [6.07, 6.45) is 1.06. The van der Waals surface area contributed by atoms with Gasteiger partial charge in [-0.3, -0.25) is 4.79 Å². The minimum atomic E-state index is 0.0288. The molecule has 5 nitrogen and oxygen atoms in total. The molecule has 0 saturated carbocycles. The van der Waals surface area contributed by atoms with E-state index in [1.165, 1.54) is 5.56 Å². The Labute approximate surface area is 172 Å². The van der Waals surface area contributed by atoms with Crippen molar-refractivity contribution in [1.29, 1.82) is 0 Å². The molecule has 0 bridgehead atoms. The number of carbonyl (C=O) groups is 1. The van der Waals surface area contributed by atoms with Gasteiger partial charge in [0.1, 0.15) is 5.76 Å². The van der Waals surface area contributed by atoms with Crippen molar-refractivity contribution in [3.05, 3.63) is 76.7 Å². The number of aromatic nitrogens is 1. The topological polar surface area (TPSA) is 58.4 Å². The third-order valence-electron chi connectivity index (χ3n) is 5.04. The first-order valence-electron chi connectivity index (χ1n) is 9.94. The van der Waals surface area contributed by atoms with Crippen LogP contribution in [0.2, 0.25) is 0 Å². The zero-order valence-corrected chi connectivity index (χ0v) is 17.7. The highest BCUT2D eigenvalue weighted by Crippen LogP contribution is 2.24. The number of aryl methyl sites for hydroxylation is 2. The molecule has 0 unspecified atom stereocenters. The van der Waals surface area contributed by atoms with Crippen molar-refractivity contribution >= 4 is 5.91 Å². The molecule has 1 amide bonds. The van der Waals surface area contributed by atoms with Gasteiger partial charge in [0.2, 0.25) is 5.91 Å². The Hall–Kier alpha value is -2.92. The van der Waals surface area contributed by atoms with Crippen LogP contribution in [-0.4, -0.2) is 30.1 Å². The Kier molecular flexibility index (Phi) is 6.83. The highest BCUT2D eigenvalue weighted by Gasteiger charge is 2.12. The van der Waals surface area contributed by atoms with Crippen molar-refractivity contribution < 1.29 is 9.32 Å². The lowest BCUT2D eigenvalue weighted by atomic mass is 9.98. The van der Waals surface area contributed by atoms with Crippen molar-refractivity contribution in [2.24, 2.45) is 0 Å². The van der Waals surface area contributed by atoms with Crippen LogP contribution >= 0.6 is 0 Å². The Morgan fingerprint density at radius 3 is 2.45 bits per heavy atom. The van der Waals surface area contributed by atoms with E-state index in [2.05, 4.69) is 65.9 Å². The summed E-state index contributed by atoms with van der Waals surface area (Å²) in [6, 6.07) is 16.8. The molecular weight excluding hydrogens is 362 g/mol. The summed E-state index contributed by atoms with van der Waals surface area (Å²) < 4.78 is 5.17. The average molecular weight is 392 g/mol. The molecule has 1 aromatic heterocycles. The summed E-state index contributed by atoms with van der Waals surface area (Å²) in [6.45, 7) is 5.22. The molecule has 0 fully saturated rings. The van der Waals surface area contributed by atoms with Crippen LogP contribution in [0.5, 0.6) is 0 Å². The predicted molar refractivity (Wildman–Crippen MR) is 115 cm³/mol. The highest BCUT2D eigenvalue weighted by molar-refractivity contribution is 5.77. The van der Waals surface area contributed by atoms with Gasteiger partial charge in [-0.25, -0.2) is 0 Å². The fourth-order valence-corrected chi connectivity index (χ4v) is 3.49. The summed E-state index contributed by atoms with van der Waals surface area (Å²) in [5.74, 6) is 0.819. The molecule has 0 spiro atoms. The van der Waals surface area contributed by atoms with Crippen LogP contribution in [0.15, 0.2) is 53.1 Å². The minimum Gasteiger partial charge on any atom is -0.361 e. The molecule has 1 heterocycles. The van der Waals surface area contributed by atoms with Crippen molar-refractivity contribution in [1.82, 2.24) is 15.4 Å². The van der Waals surface area contributed by atoms with Gasteiger partial charge in [0, 0.05) is 25.1 Å². The lowest BCUT2D eigenvalue weighted by Crippen LogP contribution is -2.23. The summed E-state index contributed by atoms with van der Waals surface area (Å²) in [4.78, 5) is 14.5. The predicted octanol–water partition coefficient (Wildman–Crippen LogP) is 4.27. The third kappa shape index (κ3) is 5.55. The molecule has 0 aliphatic heterocycles. The van der Waals surface area contributed by atoms with Crippen molar-refractivity contribution in [2.75, 3.05) is 14.1 Å². The first-order chi connectivity index (χ1) is 13.9. The Morgan fingerprint density at radius 2 is 1.79 bits per heavy atom. The van der Waals surface area contributed by atoms with E-state index in [1.807, 2.05) is 26.0 Å². The van der Waals surface area contributed by atoms with E-state index in [0.717, 1.165) is 40.3 Å². The van der Waals surface area contributed by atoms with Gasteiger partial charge < -0.3 is 14.7 Å². The van der Waals surface area contributed by atoms with Crippen molar-refractivity contribution in [3.8, 4) is 11.1 Å². The molecule has 0 saturated heterocycles. The average Bonchev–Trinajstić information content (AvgIpc) is 3.03. The first-order valence-corrected chi connectivity index (χ1v) is 9.94. The molecule has 0 aliphatic carbocycles. The van der Waals surface area contributed by atoms with Gasteiger partial charge in [0.25, 0.3) is 0 Å². The van der Waals surface area contributed by atoms with Gasteiger partial charge >= 0.3 is 0 Å². The molecule has 0 atom stereocenters. The van der Waals surface area contributed by atoms with Gasteiger partial charge in [0.15, 0.2) is 0 Å². The van der Waals surface area contributed by atoms with E-state index in [9.17, 15) is 4.79 Å². The summed E-state index contributed by atoms with van der Waals surface area (Å²) in [5, 5.41) is 7.00. The molecule has 1 N–H and O–H groups in total. The first kappa shape index (κ1) is 20.8. The maximum absolute atomic E-state index is 12.4. The molecule has 5 heteroatoms. The summed E-state index contributed by atoms with van der Waals surface area (Å²) in [7, 11) is 4.13. The van der Waals surface area contributed by atoms with E-state index < -0.39 is 0 Å². The normalized spacial score (nSPS) is 11.1. The van der Waals surface area contributed by atoms with E-state index >= 15 is 0 Å². The maximum atomic E-state index is 12.4. The van der Waals surface area contributed by atoms with Crippen molar-refractivity contribution in [3.63, 3.8) is 0 Å². The zero-order chi connectivity index (χ0) is 20.8. The largest absolute Gasteiger partial charge is 0.361 e. The number of rotatable bonds is 8. The third-order valence-corrected chi connectivity index (χ3v) is 5.04. The van der Waals surface area contributed by atoms with Crippen LogP contribution in [0.1, 0.15) is 34.6 Å². The molecule has 3 aromatic rings. The molecule has 29 heavy (non-hydrogen) atoms. The van der Waals surface area contributed by atoms with Crippen LogP contribution in [0.25, 0.3) is 11.1 Å². The lowest BCUT2D eigenvalue weighted by Gasteiger charge is -2.13. The number of hydrogen-bond donors (Lipinski definition) is 1. The van der Waals surface area contributed by atoms with Crippen LogP contribution < -0.4 is 5.32 Å². The highest BCUT2D eigenvalue weighted by atomic mass is 16.5. The molecular formula is C24H29N3O2. The lowest BCUT2D eigenvalue weighted by molar-refractivity contribution is -0.121. The maximum Gasteiger partial charge on any atom is 0.220 e. The monoisotopic (exact) mass is 391 g/mol. The van der Waals surface area contributed by atoms with E-state index in [4.69, 9.17) is 4.52 Å². The fourth-order valence-electron chi connectivity index (χ4n) is 3.49. The Balaban J connectivity index is 1.62. The Bertz CT molecular complexity index is 939. The van der Waals surface area contributed by atoms with Gasteiger partial charge in [0.05, 0.1) is 5.69 Å². The van der Waals surface area contributed by atoms with E-state index in [1.54, 1.807) is 0 Å². The molecule has 0 aliphatic rings. The fraction of sp³-hybridized carbons (Fsp3) is 0.333. The molecule has 152 valence electrons. The standard InChI is InChI=1S/C24H29N3O2/c1-17-22(18(2)29-26-17)13-14-24(28)25-15-21-7-5-6-8-23(21)20-11-9-19(10-12-20)16-27(3)4/h5-12H,13-16H2,1-4H3,(H,25,28). The van der Waals surface area contributed by atoms with Crippen LogP contribution in [-0.2, 0) is 24.3 Å². The number of benzene rings is 2. The second-order valence-corrected chi connectivity index (χ2v) is 7.67. The van der Waals surface area contributed by atoms with Gasteiger partial charge in [-0.05, 0) is 56.6 Å². The van der Waals surface area contributed by atoms with E-state index in [0.29, 0.717) is 19.4 Å². The second-order valence-electron chi connectivity index (χ2n) is 7.67. The second kappa shape index (κ2) is 9.52. The quantitative estimate of drug-likeness (QED) is 0.623. The van der Waals surface area contributed by atoms with Crippen molar-refractivity contribution in [2.45, 2.75) is 39.8 Å². The number of nitrogens with zero attached hydrogens (tertiary/aromatic N) is 2. The Morgan fingerprint density at radius 1 is 1.07 bits per heavy atom. The van der Waals surface area contributed by atoms with Gasteiger partial charge in [-0.15, -0.1) is 0 Å². The SMILES string of the molecule is Cc1noc(C)c1CCC(=O)NCc1ccccc1-c1ccc(CN(C)C)cc1. The number of hydrogen-bond acceptors (Lipinski definition) is 4. The summed E-state index contributed by atoms with van der Waals surface area (Å²) >= 11 is 0. The number of amides is 1. The minimum absolute atomic E-state index is 0.0288. The number of carbonyl (C=O) groups excluding carboxylic acids is 1. The van der Waals surface area contributed by atoms with Crippen LogP contribution in [0.4, 0.5) is 0 Å². The van der Waals surface area contributed by atoms with Gasteiger partial charge in [-0.1, -0.05) is 53.7 Å². The smallest absolute Gasteiger partial charge is 0.220 e. The van der Waals surface area contributed by atoms with Crippen LogP contribution in [0.3, 0.4) is 0 Å². The molecule has 0 radical (unpaired) electrons. The number of nitrogens with one attached hydrogen (secondary N) is 1. The molecule has 3 rings (SSSR count).